The van der Waals surface area contributed by atoms with Crippen LogP contribution in [0, 0.1) is 13.8 Å². The second-order valence-electron chi connectivity index (χ2n) is 6.09. The molecule has 0 radical (unpaired) electrons. The number of hydrogen-bond donors (Lipinski definition) is 0. The quantitative estimate of drug-likeness (QED) is 0.666. The zero-order chi connectivity index (χ0) is 19.1. The van der Waals surface area contributed by atoms with Crippen molar-refractivity contribution in [2.45, 2.75) is 18.7 Å². The van der Waals surface area contributed by atoms with E-state index in [2.05, 4.69) is 11.1 Å². The lowest BCUT2D eigenvalue weighted by molar-refractivity contribution is -0.115. The number of hydrogen-bond acceptors (Lipinski definition) is 4. The van der Waals surface area contributed by atoms with Gasteiger partial charge in [0, 0.05) is 12.1 Å². The van der Waals surface area contributed by atoms with Crippen molar-refractivity contribution >= 4 is 48.9 Å². The fourth-order valence-corrected chi connectivity index (χ4v) is 5.02. The Bertz CT molecular complexity index is 1170. The molecule has 3 rings (SSSR count). The summed E-state index contributed by atoms with van der Waals surface area (Å²) in [4.78, 5) is 16.8. The molecule has 0 atom stereocenters. The Kier molecular flexibility index (Phi) is 5.05. The van der Waals surface area contributed by atoms with Gasteiger partial charge >= 0.3 is 0 Å². The van der Waals surface area contributed by atoms with E-state index >= 15 is 0 Å². The van der Waals surface area contributed by atoms with Gasteiger partial charge in [0.2, 0.25) is 0 Å². The van der Waals surface area contributed by atoms with E-state index in [1.165, 1.54) is 35.6 Å². The fraction of sp³-hybridized carbons (Fsp3) is 0.222. The summed E-state index contributed by atoms with van der Waals surface area (Å²) in [6.07, 6.45) is 0. The Labute approximate surface area is 160 Å². The van der Waals surface area contributed by atoms with E-state index < -0.39 is 21.5 Å². The highest BCUT2D eigenvalue weighted by molar-refractivity contribution is 7.92. The Morgan fingerprint density at radius 2 is 1.85 bits per heavy atom. The van der Waals surface area contributed by atoms with Gasteiger partial charge in [-0.05, 0) is 55.3 Å². The van der Waals surface area contributed by atoms with Crippen LogP contribution in [0.2, 0.25) is 5.02 Å². The molecule has 26 heavy (non-hydrogen) atoms. The predicted octanol–water partition coefficient (Wildman–Crippen LogP) is 3.41. The maximum atomic E-state index is 12.4. The largest absolute Gasteiger partial charge is 0.319 e. The van der Waals surface area contributed by atoms with Crippen LogP contribution in [0.3, 0.4) is 0 Å². The van der Waals surface area contributed by atoms with E-state index in [0.29, 0.717) is 9.82 Å². The van der Waals surface area contributed by atoms with Crippen LogP contribution in [0.5, 0.6) is 0 Å². The molecule has 5 nitrogen and oxygen atoms in total. The molecule has 3 aromatic rings. The Balaban J connectivity index is 1.96. The van der Waals surface area contributed by atoms with Gasteiger partial charge in [0.1, 0.15) is 5.75 Å². The molecule has 0 bridgehead atoms. The molecule has 1 heterocycles. The number of sulfone groups is 1. The number of halogens is 1. The fourth-order valence-electron chi connectivity index (χ4n) is 2.70. The van der Waals surface area contributed by atoms with Crippen molar-refractivity contribution < 1.29 is 13.2 Å². The van der Waals surface area contributed by atoms with Gasteiger partial charge in [-0.25, -0.2) is 8.42 Å². The summed E-state index contributed by atoms with van der Waals surface area (Å²) >= 11 is 7.15. The van der Waals surface area contributed by atoms with Crippen molar-refractivity contribution in [2.24, 2.45) is 12.0 Å². The summed E-state index contributed by atoms with van der Waals surface area (Å²) in [6, 6.07) is 9.82. The van der Waals surface area contributed by atoms with Crippen molar-refractivity contribution in [2.75, 3.05) is 5.75 Å². The summed E-state index contributed by atoms with van der Waals surface area (Å²) < 4.78 is 27.6. The highest BCUT2D eigenvalue weighted by Gasteiger charge is 2.19. The van der Waals surface area contributed by atoms with Gasteiger partial charge in [0.25, 0.3) is 5.91 Å². The molecule has 1 aromatic heterocycles. The highest BCUT2D eigenvalue weighted by atomic mass is 35.5. The minimum Gasteiger partial charge on any atom is -0.319 e. The minimum atomic E-state index is -3.76. The van der Waals surface area contributed by atoms with Crippen LogP contribution < -0.4 is 4.80 Å². The van der Waals surface area contributed by atoms with Crippen LogP contribution in [-0.2, 0) is 21.7 Å². The van der Waals surface area contributed by atoms with E-state index in [9.17, 15) is 13.2 Å². The van der Waals surface area contributed by atoms with Crippen molar-refractivity contribution in [3.8, 4) is 0 Å². The zero-order valence-electron chi connectivity index (χ0n) is 14.5. The molecule has 136 valence electrons. The number of aromatic nitrogens is 1. The maximum Gasteiger partial charge on any atom is 0.263 e. The summed E-state index contributed by atoms with van der Waals surface area (Å²) in [5, 5.41) is 0.433. The van der Waals surface area contributed by atoms with Gasteiger partial charge in [-0.3, -0.25) is 4.79 Å². The number of nitrogens with zero attached hydrogens (tertiary/aromatic N) is 2. The smallest absolute Gasteiger partial charge is 0.263 e. The molecular weight excluding hydrogens is 392 g/mol. The maximum absolute atomic E-state index is 12.4. The first-order chi connectivity index (χ1) is 12.2. The summed E-state index contributed by atoms with van der Waals surface area (Å²) in [5.74, 6) is -1.38. The second kappa shape index (κ2) is 6.98. The van der Waals surface area contributed by atoms with Crippen molar-refractivity contribution in [1.29, 1.82) is 0 Å². The van der Waals surface area contributed by atoms with Crippen LogP contribution >= 0.6 is 22.9 Å². The van der Waals surface area contributed by atoms with Gasteiger partial charge in [-0.15, -0.1) is 0 Å². The van der Waals surface area contributed by atoms with Crippen LogP contribution in [-0.4, -0.2) is 24.6 Å². The third-order valence-corrected chi connectivity index (χ3v) is 7.10. The molecular formula is C18H17ClN2O3S2. The lowest BCUT2D eigenvalue weighted by Crippen LogP contribution is -2.19. The third-order valence-electron chi connectivity index (χ3n) is 3.95. The van der Waals surface area contributed by atoms with Crippen molar-refractivity contribution in [1.82, 2.24) is 4.57 Å². The number of benzene rings is 2. The average molecular weight is 409 g/mol. The summed E-state index contributed by atoms with van der Waals surface area (Å²) in [7, 11) is -1.94. The number of rotatable bonds is 3. The number of fused-ring (bicyclic) bond motifs is 1. The molecule has 1 amide bonds. The van der Waals surface area contributed by atoms with E-state index in [1.54, 1.807) is 0 Å². The molecule has 0 aliphatic heterocycles. The molecule has 0 aliphatic carbocycles. The van der Waals surface area contributed by atoms with Gasteiger partial charge in [0.05, 0.1) is 15.1 Å². The zero-order valence-corrected chi connectivity index (χ0v) is 16.9. The molecule has 2 aromatic carbocycles. The van der Waals surface area contributed by atoms with Crippen molar-refractivity contribution in [3.63, 3.8) is 0 Å². The van der Waals surface area contributed by atoms with Gasteiger partial charge in [-0.2, -0.15) is 4.99 Å². The van der Waals surface area contributed by atoms with Crippen LogP contribution in [0.25, 0.3) is 10.2 Å². The lowest BCUT2D eigenvalue weighted by Gasteiger charge is -2.02. The van der Waals surface area contributed by atoms with Gasteiger partial charge < -0.3 is 4.57 Å². The number of aryl methyl sites for hydroxylation is 3. The highest BCUT2D eigenvalue weighted by Crippen LogP contribution is 2.22. The lowest BCUT2D eigenvalue weighted by atomic mass is 10.1. The van der Waals surface area contributed by atoms with E-state index in [4.69, 9.17) is 11.6 Å². The second-order valence-corrected chi connectivity index (χ2v) is 9.50. The van der Waals surface area contributed by atoms with Crippen molar-refractivity contribution in [3.05, 3.63) is 57.3 Å². The minimum absolute atomic E-state index is 0.0534. The van der Waals surface area contributed by atoms with Crippen LogP contribution in [0.4, 0.5) is 0 Å². The Hall–Kier alpha value is -1.96. The number of carbonyl (C=O) groups is 1. The predicted molar refractivity (Wildman–Crippen MR) is 104 cm³/mol. The SMILES string of the molecule is Cc1cc(C)c2sc(=NC(=O)CS(=O)(=O)c3ccc(Cl)cc3)n(C)c2c1. The van der Waals surface area contributed by atoms with Crippen LogP contribution in [0.15, 0.2) is 46.3 Å². The molecule has 0 N–H and O–H groups in total. The molecule has 0 saturated heterocycles. The third kappa shape index (κ3) is 3.75. The Morgan fingerprint density at radius 3 is 2.50 bits per heavy atom. The molecule has 0 fully saturated rings. The van der Waals surface area contributed by atoms with E-state index in [1.807, 2.05) is 31.5 Å². The first-order valence-corrected chi connectivity index (χ1v) is 10.6. The standard InChI is InChI=1S/C18H17ClN2O3S2/c1-11-8-12(2)17-15(9-11)21(3)18(25-17)20-16(22)10-26(23,24)14-6-4-13(19)5-7-14/h4-9H,10H2,1-3H3. The average Bonchev–Trinajstić information content (AvgIpc) is 2.84. The summed E-state index contributed by atoms with van der Waals surface area (Å²) in [6.45, 7) is 4.01. The Morgan fingerprint density at radius 1 is 1.19 bits per heavy atom. The normalized spacial score (nSPS) is 12.7. The number of thiazole rings is 1. The van der Waals surface area contributed by atoms with Gasteiger partial charge in [0.15, 0.2) is 14.6 Å². The van der Waals surface area contributed by atoms with E-state index in [0.717, 1.165) is 21.3 Å². The summed E-state index contributed by atoms with van der Waals surface area (Å²) in [5.41, 5.74) is 3.19. The molecule has 0 unspecified atom stereocenters. The molecule has 0 saturated carbocycles. The van der Waals surface area contributed by atoms with E-state index in [-0.39, 0.29) is 4.90 Å². The van der Waals surface area contributed by atoms with Crippen LogP contribution in [0.1, 0.15) is 11.1 Å². The number of carbonyl (C=O) groups excluding carboxylic acids is 1. The molecule has 8 heteroatoms. The monoisotopic (exact) mass is 408 g/mol. The first kappa shape index (κ1) is 18.8. The first-order valence-electron chi connectivity index (χ1n) is 7.80. The number of amides is 1. The van der Waals surface area contributed by atoms with Gasteiger partial charge in [-0.1, -0.05) is 29.0 Å². The topological polar surface area (TPSA) is 68.5 Å². The molecule has 0 aliphatic rings. The molecule has 0 spiro atoms.